The average Bonchev–Trinajstić information content (AvgIpc) is 2.90. The first-order valence-corrected chi connectivity index (χ1v) is 12.6. The summed E-state index contributed by atoms with van der Waals surface area (Å²) in [5.74, 6) is -3.01. The van der Waals surface area contributed by atoms with Gasteiger partial charge in [-0.15, -0.1) is 0 Å². The van der Waals surface area contributed by atoms with Gasteiger partial charge in [0.2, 0.25) is 0 Å². The highest BCUT2D eigenvalue weighted by atomic mass is 32.1. The van der Waals surface area contributed by atoms with Gasteiger partial charge in [-0.25, -0.2) is 0 Å². The molecular formula is C23H34N8O6S. The van der Waals surface area contributed by atoms with Crippen LogP contribution in [0.1, 0.15) is 12.0 Å². The monoisotopic (exact) mass is 550 g/mol. The number of carboxylic acid groups (broad SMARTS) is 3. The average molecular weight is 551 g/mol. The van der Waals surface area contributed by atoms with Crippen LogP contribution >= 0.6 is 12.2 Å². The van der Waals surface area contributed by atoms with Crippen LogP contribution < -0.4 is 10.6 Å². The van der Waals surface area contributed by atoms with Crippen LogP contribution in [0.2, 0.25) is 0 Å². The summed E-state index contributed by atoms with van der Waals surface area (Å²) in [5, 5.41) is 38.1. The number of azide groups is 1. The summed E-state index contributed by atoms with van der Waals surface area (Å²) >= 11 is 5.27. The second-order valence-corrected chi connectivity index (χ2v) is 9.31. The van der Waals surface area contributed by atoms with Gasteiger partial charge in [-0.1, -0.05) is 17.2 Å². The molecule has 1 saturated heterocycles. The molecule has 1 aromatic carbocycles. The molecule has 1 fully saturated rings. The van der Waals surface area contributed by atoms with Gasteiger partial charge < -0.3 is 26.0 Å². The predicted molar refractivity (Wildman–Crippen MR) is 144 cm³/mol. The zero-order valence-electron chi connectivity index (χ0n) is 21.0. The van der Waals surface area contributed by atoms with Crippen molar-refractivity contribution in [3.63, 3.8) is 0 Å². The number of anilines is 1. The van der Waals surface area contributed by atoms with Crippen molar-refractivity contribution in [1.29, 1.82) is 0 Å². The number of carboxylic acids is 3. The summed E-state index contributed by atoms with van der Waals surface area (Å²) in [5.41, 5.74) is 9.99. The summed E-state index contributed by atoms with van der Waals surface area (Å²) in [4.78, 5) is 42.3. The fourth-order valence-electron chi connectivity index (χ4n) is 4.18. The van der Waals surface area contributed by atoms with Gasteiger partial charge >= 0.3 is 17.9 Å². The Morgan fingerprint density at radius 1 is 0.974 bits per heavy atom. The Morgan fingerprint density at radius 2 is 1.58 bits per heavy atom. The van der Waals surface area contributed by atoms with Gasteiger partial charge in [0, 0.05) is 62.5 Å². The molecule has 15 heteroatoms. The quantitative estimate of drug-likeness (QED) is 0.0762. The molecule has 2 rings (SSSR count). The summed E-state index contributed by atoms with van der Waals surface area (Å²) in [7, 11) is 0. The highest BCUT2D eigenvalue weighted by Crippen LogP contribution is 2.16. The van der Waals surface area contributed by atoms with Crippen molar-refractivity contribution in [2.24, 2.45) is 5.11 Å². The smallest absolute Gasteiger partial charge is 0.317 e. The molecule has 0 amide bonds. The van der Waals surface area contributed by atoms with Crippen molar-refractivity contribution in [2.45, 2.75) is 18.9 Å². The fourth-order valence-corrected chi connectivity index (χ4v) is 4.40. The van der Waals surface area contributed by atoms with E-state index in [2.05, 4.69) is 20.7 Å². The van der Waals surface area contributed by atoms with E-state index in [4.69, 9.17) is 17.7 Å². The highest BCUT2D eigenvalue weighted by Gasteiger charge is 2.27. The van der Waals surface area contributed by atoms with Gasteiger partial charge in [0.05, 0.1) is 19.6 Å². The second kappa shape index (κ2) is 16.4. The van der Waals surface area contributed by atoms with Gasteiger partial charge in [0.1, 0.15) is 0 Å². The van der Waals surface area contributed by atoms with E-state index in [0.29, 0.717) is 63.8 Å². The van der Waals surface area contributed by atoms with Crippen molar-refractivity contribution >= 4 is 40.9 Å². The molecular weight excluding hydrogens is 516 g/mol. The number of nitrogens with zero attached hydrogens (tertiary/aromatic N) is 6. The third kappa shape index (κ3) is 12.2. The Balaban J connectivity index is 2.11. The number of rotatable bonds is 13. The normalized spacial score (nSPS) is 17.3. The lowest BCUT2D eigenvalue weighted by Crippen LogP contribution is -2.49. The first-order valence-electron chi connectivity index (χ1n) is 12.1. The lowest BCUT2D eigenvalue weighted by Gasteiger charge is -2.33. The molecule has 0 spiro atoms. The topological polar surface area (TPSA) is 194 Å². The van der Waals surface area contributed by atoms with Crippen LogP contribution in [-0.2, 0) is 20.8 Å². The zero-order chi connectivity index (χ0) is 27.9. The van der Waals surface area contributed by atoms with Crippen molar-refractivity contribution in [2.75, 3.05) is 70.8 Å². The van der Waals surface area contributed by atoms with Crippen LogP contribution in [0.3, 0.4) is 0 Å². The van der Waals surface area contributed by atoms with Crippen LogP contribution in [0, 0.1) is 0 Å². The standard InChI is InChI=1S/C23H34N8O6S/c24-28-26-7-1-6-25-23(38)27-18-4-2-17(3-5-18)12-19-13-30(15-21(34)35)9-8-29(14-20(32)33)10-11-31(19)16-22(36)37/h2-5,19H,1,6-16H2,(H,32,33)(H,34,35)(H,36,37)(H2,25,27,38). The molecule has 0 aromatic heterocycles. The van der Waals surface area contributed by atoms with Crippen molar-refractivity contribution in [3.8, 4) is 0 Å². The highest BCUT2D eigenvalue weighted by molar-refractivity contribution is 7.80. The third-order valence-electron chi connectivity index (χ3n) is 5.94. The molecule has 1 aliphatic rings. The summed E-state index contributed by atoms with van der Waals surface area (Å²) in [6, 6.07) is 7.20. The van der Waals surface area contributed by atoms with E-state index in [-0.39, 0.29) is 25.7 Å². The third-order valence-corrected chi connectivity index (χ3v) is 6.19. The van der Waals surface area contributed by atoms with Crippen molar-refractivity contribution < 1.29 is 29.7 Å². The van der Waals surface area contributed by atoms with E-state index in [1.807, 2.05) is 24.3 Å². The molecule has 1 heterocycles. The number of hydrogen-bond acceptors (Lipinski definition) is 8. The van der Waals surface area contributed by atoms with E-state index in [1.165, 1.54) is 0 Å². The van der Waals surface area contributed by atoms with Gasteiger partial charge in [-0.05, 0) is 48.3 Å². The summed E-state index contributed by atoms with van der Waals surface area (Å²) < 4.78 is 0. The molecule has 0 aliphatic carbocycles. The molecule has 38 heavy (non-hydrogen) atoms. The number of thiocarbonyl (C=S) groups is 1. The molecule has 0 radical (unpaired) electrons. The minimum absolute atomic E-state index is 0.203. The number of hydrogen-bond donors (Lipinski definition) is 5. The van der Waals surface area contributed by atoms with Crippen LogP contribution in [0.4, 0.5) is 5.69 Å². The van der Waals surface area contributed by atoms with Gasteiger partial charge in [-0.2, -0.15) is 0 Å². The fraction of sp³-hybridized carbons (Fsp3) is 0.565. The van der Waals surface area contributed by atoms with E-state index in [9.17, 15) is 29.7 Å². The number of aliphatic carboxylic acids is 3. The van der Waals surface area contributed by atoms with E-state index in [1.54, 1.807) is 14.7 Å². The number of nitrogens with one attached hydrogen (secondary N) is 2. The Hall–Kier alpha value is -3.49. The molecule has 5 N–H and O–H groups in total. The minimum Gasteiger partial charge on any atom is -0.480 e. The van der Waals surface area contributed by atoms with Crippen LogP contribution in [0.25, 0.3) is 10.4 Å². The van der Waals surface area contributed by atoms with E-state index < -0.39 is 17.9 Å². The van der Waals surface area contributed by atoms with Crippen LogP contribution in [-0.4, -0.2) is 125 Å². The molecule has 0 bridgehead atoms. The van der Waals surface area contributed by atoms with Crippen LogP contribution in [0.15, 0.2) is 29.4 Å². The maximum Gasteiger partial charge on any atom is 0.317 e. The van der Waals surface area contributed by atoms with Crippen molar-refractivity contribution in [1.82, 2.24) is 20.0 Å². The first-order chi connectivity index (χ1) is 18.2. The SMILES string of the molecule is [N-]=[N+]=NCCCNC(=S)Nc1ccc(CC2CN(CC(=O)O)CCN(CC(=O)O)CCN2CC(=O)O)cc1. The number of carbonyl (C=O) groups is 3. The molecule has 1 unspecified atom stereocenters. The molecule has 1 aromatic rings. The maximum atomic E-state index is 11.6. The Labute approximate surface area is 225 Å². The molecule has 1 atom stereocenters. The van der Waals surface area contributed by atoms with Crippen molar-refractivity contribution in [3.05, 3.63) is 40.3 Å². The van der Waals surface area contributed by atoms with Gasteiger partial charge in [-0.3, -0.25) is 29.1 Å². The molecule has 14 nitrogen and oxygen atoms in total. The largest absolute Gasteiger partial charge is 0.480 e. The predicted octanol–water partition coefficient (Wildman–Crippen LogP) is 0.758. The molecule has 1 aliphatic heterocycles. The maximum absolute atomic E-state index is 11.6. The van der Waals surface area contributed by atoms with E-state index >= 15 is 0 Å². The van der Waals surface area contributed by atoms with E-state index in [0.717, 1.165) is 11.3 Å². The Kier molecular flexibility index (Phi) is 13.2. The first kappa shape index (κ1) is 30.7. The lowest BCUT2D eigenvalue weighted by molar-refractivity contribution is -0.140. The van der Waals surface area contributed by atoms with Gasteiger partial charge in [0.15, 0.2) is 5.11 Å². The Bertz CT molecular complexity index is 1000. The molecule has 0 saturated carbocycles. The second-order valence-electron chi connectivity index (χ2n) is 8.91. The number of benzene rings is 1. The molecule has 208 valence electrons. The summed E-state index contributed by atoms with van der Waals surface area (Å²) in [6.07, 6.45) is 1.12. The van der Waals surface area contributed by atoms with Crippen LogP contribution in [0.5, 0.6) is 0 Å². The Morgan fingerprint density at radius 3 is 2.21 bits per heavy atom. The lowest BCUT2D eigenvalue weighted by atomic mass is 10.0. The minimum atomic E-state index is -1.01. The van der Waals surface area contributed by atoms with Gasteiger partial charge in [0.25, 0.3) is 0 Å². The zero-order valence-corrected chi connectivity index (χ0v) is 21.8. The summed E-state index contributed by atoms with van der Waals surface area (Å²) in [6.45, 7) is 2.00.